The van der Waals surface area contributed by atoms with Gasteiger partial charge in [-0.05, 0) is 35.4 Å². The first-order valence-electron chi connectivity index (χ1n) is 6.96. The maximum absolute atomic E-state index is 11.3. The molecule has 2 aromatic carbocycles. The quantitative estimate of drug-likeness (QED) is 0.772. The normalized spacial score (nSPS) is 12.2. The molecule has 3 nitrogen and oxygen atoms in total. The highest BCUT2D eigenvalue weighted by atomic mass is 35.5. The Morgan fingerprint density at radius 3 is 2.55 bits per heavy atom. The lowest BCUT2D eigenvalue weighted by atomic mass is 9.87. The summed E-state index contributed by atoms with van der Waals surface area (Å²) in [6.07, 6.45) is 1.75. The molecule has 0 amide bonds. The minimum atomic E-state index is -0.833. The van der Waals surface area contributed by atoms with Crippen molar-refractivity contribution in [1.82, 2.24) is 4.98 Å². The summed E-state index contributed by atoms with van der Waals surface area (Å²) in [5.74, 6) is -1.07. The van der Waals surface area contributed by atoms with Crippen molar-refractivity contribution in [2.75, 3.05) is 0 Å². The summed E-state index contributed by atoms with van der Waals surface area (Å²) in [5.41, 5.74) is 2.77. The number of para-hydroxylation sites is 1. The number of hydrogen-bond acceptors (Lipinski definition) is 2. The van der Waals surface area contributed by atoms with Crippen LogP contribution in [0.2, 0.25) is 5.02 Å². The van der Waals surface area contributed by atoms with Crippen LogP contribution >= 0.6 is 11.6 Å². The molecular formula is C18H14ClNO2. The van der Waals surface area contributed by atoms with Crippen molar-refractivity contribution in [1.29, 1.82) is 0 Å². The number of pyridine rings is 1. The lowest BCUT2D eigenvalue weighted by molar-refractivity contribution is -0.137. The molecule has 110 valence electrons. The fourth-order valence-electron chi connectivity index (χ4n) is 2.70. The van der Waals surface area contributed by atoms with E-state index in [-0.39, 0.29) is 12.3 Å². The van der Waals surface area contributed by atoms with Gasteiger partial charge in [-0.1, -0.05) is 41.9 Å². The average Bonchev–Trinajstić information content (AvgIpc) is 2.53. The first kappa shape index (κ1) is 14.5. The predicted molar refractivity (Wildman–Crippen MR) is 87.3 cm³/mol. The molecular weight excluding hydrogens is 298 g/mol. The van der Waals surface area contributed by atoms with Gasteiger partial charge in [0.2, 0.25) is 0 Å². The maximum atomic E-state index is 11.3. The van der Waals surface area contributed by atoms with E-state index in [4.69, 9.17) is 11.6 Å². The zero-order chi connectivity index (χ0) is 15.5. The van der Waals surface area contributed by atoms with Crippen LogP contribution < -0.4 is 0 Å². The fraction of sp³-hybridized carbons (Fsp3) is 0.111. The van der Waals surface area contributed by atoms with Crippen LogP contribution in [0.5, 0.6) is 0 Å². The number of benzene rings is 2. The Balaban J connectivity index is 2.16. The van der Waals surface area contributed by atoms with Crippen LogP contribution in [0, 0.1) is 0 Å². The molecule has 0 unspecified atom stereocenters. The molecule has 3 rings (SSSR count). The van der Waals surface area contributed by atoms with Gasteiger partial charge < -0.3 is 5.11 Å². The summed E-state index contributed by atoms with van der Waals surface area (Å²) in [4.78, 5) is 15.7. The minimum Gasteiger partial charge on any atom is -0.481 e. The molecule has 1 atom stereocenters. The third-order valence-electron chi connectivity index (χ3n) is 3.71. The van der Waals surface area contributed by atoms with E-state index in [0.29, 0.717) is 5.02 Å². The second-order valence-corrected chi connectivity index (χ2v) is 5.56. The van der Waals surface area contributed by atoms with Gasteiger partial charge in [-0.25, -0.2) is 0 Å². The molecule has 0 aliphatic carbocycles. The molecule has 1 N–H and O–H groups in total. The van der Waals surface area contributed by atoms with Gasteiger partial charge >= 0.3 is 5.97 Å². The molecule has 0 bridgehead atoms. The number of carboxylic acid groups (broad SMARTS) is 1. The first-order valence-corrected chi connectivity index (χ1v) is 7.34. The third kappa shape index (κ3) is 2.95. The molecule has 3 aromatic rings. The van der Waals surface area contributed by atoms with Gasteiger partial charge in [0.1, 0.15) is 0 Å². The van der Waals surface area contributed by atoms with Crippen molar-refractivity contribution in [2.45, 2.75) is 12.3 Å². The van der Waals surface area contributed by atoms with Crippen molar-refractivity contribution in [3.8, 4) is 0 Å². The Hall–Kier alpha value is -2.39. The van der Waals surface area contributed by atoms with Gasteiger partial charge in [0.05, 0.1) is 11.9 Å². The Labute approximate surface area is 133 Å². The number of hydrogen-bond donors (Lipinski definition) is 1. The number of nitrogens with zero attached hydrogens (tertiary/aromatic N) is 1. The zero-order valence-electron chi connectivity index (χ0n) is 11.7. The molecule has 0 aliphatic heterocycles. The Kier molecular flexibility index (Phi) is 4.07. The number of carboxylic acids is 1. The summed E-state index contributed by atoms with van der Waals surface area (Å²) in [6.45, 7) is 0. The van der Waals surface area contributed by atoms with Crippen LogP contribution in [0.15, 0.2) is 60.8 Å². The maximum Gasteiger partial charge on any atom is 0.304 e. The van der Waals surface area contributed by atoms with E-state index >= 15 is 0 Å². The van der Waals surface area contributed by atoms with Crippen LogP contribution in [0.3, 0.4) is 0 Å². The Morgan fingerprint density at radius 2 is 1.82 bits per heavy atom. The van der Waals surface area contributed by atoms with Crippen LogP contribution in [0.4, 0.5) is 0 Å². The van der Waals surface area contributed by atoms with E-state index in [1.807, 2.05) is 42.5 Å². The van der Waals surface area contributed by atoms with Crippen molar-refractivity contribution in [3.05, 3.63) is 76.9 Å². The van der Waals surface area contributed by atoms with Crippen LogP contribution in [0.1, 0.15) is 23.5 Å². The van der Waals surface area contributed by atoms with Gasteiger partial charge in [-0.15, -0.1) is 0 Å². The van der Waals surface area contributed by atoms with Gasteiger partial charge in [-0.2, -0.15) is 0 Å². The summed E-state index contributed by atoms with van der Waals surface area (Å²) in [7, 11) is 0. The zero-order valence-corrected chi connectivity index (χ0v) is 12.5. The van der Waals surface area contributed by atoms with Crippen LogP contribution in [-0.4, -0.2) is 16.1 Å². The topological polar surface area (TPSA) is 50.2 Å². The number of aromatic nitrogens is 1. The molecule has 1 heterocycles. The van der Waals surface area contributed by atoms with Crippen molar-refractivity contribution >= 4 is 28.5 Å². The van der Waals surface area contributed by atoms with Gasteiger partial charge in [0.15, 0.2) is 0 Å². The largest absolute Gasteiger partial charge is 0.481 e. The number of rotatable bonds is 4. The highest BCUT2D eigenvalue weighted by Gasteiger charge is 2.20. The van der Waals surface area contributed by atoms with E-state index in [2.05, 4.69) is 4.98 Å². The Morgan fingerprint density at radius 1 is 1.09 bits per heavy atom. The number of carbonyl (C=O) groups is 1. The van der Waals surface area contributed by atoms with E-state index in [0.717, 1.165) is 22.0 Å². The summed E-state index contributed by atoms with van der Waals surface area (Å²) in [6, 6.07) is 17.0. The molecule has 0 aliphatic rings. The summed E-state index contributed by atoms with van der Waals surface area (Å²) >= 11 is 5.94. The molecule has 0 radical (unpaired) electrons. The van der Waals surface area contributed by atoms with Crippen molar-refractivity contribution in [3.63, 3.8) is 0 Å². The predicted octanol–water partition coefficient (Wildman–Crippen LogP) is 4.49. The van der Waals surface area contributed by atoms with Crippen molar-refractivity contribution in [2.24, 2.45) is 0 Å². The lowest BCUT2D eigenvalue weighted by Gasteiger charge is -2.18. The van der Waals surface area contributed by atoms with E-state index in [1.54, 1.807) is 18.3 Å². The number of fused-ring (bicyclic) bond motifs is 1. The van der Waals surface area contributed by atoms with Crippen LogP contribution in [-0.2, 0) is 4.79 Å². The number of aliphatic carboxylic acids is 1. The highest BCUT2D eigenvalue weighted by molar-refractivity contribution is 6.30. The van der Waals surface area contributed by atoms with Gasteiger partial charge in [0.25, 0.3) is 0 Å². The minimum absolute atomic E-state index is 0.0235. The number of halogens is 1. The average molecular weight is 312 g/mol. The molecule has 0 fully saturated rings. The smallest absolute Gasteiger partial charge is 0.304 e. The molecule has 0 saturated carbocycles. The molecule has 0 saturated heterocycles. The Bertz CT molecular complexity index is 809. The van der Waals surface area contributed by atoms with E-state index in [1.165, 1.54) is 0 Å². The standard InChI is InChI=1S/C18H14ClNO2/c19-13-7-5-12(6-8-13)16(11-18(21)22)14-9-10-20-17-4-2-1-3-15(14)17/h1-10,16H,11H2,(H,21,22)/t16-/m0/s1. The van der Waals surface area contributed by atoms with E-state index < -0.39 is 5.97 Å². The first-order chi connectivity index (χ1) is 10.6. The molecule has 22 heavy (non-hydrogen) atoms. The second kappa shape index (κ2) is 6.16. The van der Waals surface area contributed by atoms with Crippen molar-refractivity contribution < 1.29 is 9.90 Å². The SMILES string of the molecule is O=C(O)C[C@@H](c1ccc(Cl)cc1)c1ccnc2ccccc12. The second-order valence-electron chi connectivity index (χ2n) is 5.12. The molecule has 4 heteroatoms. The monoisotopic (exact) mass is 311 g/mol. The molecule has 1 aromatic heterocycles. The summed E-state index contributed by atoms with van der Waals surface area (Å²) < 4.78 is 0. The molecule has 0 spiro atoms. The van der Waals surface area contributed by atoms with Gasteiger partial charge in [0, 0.05) is 22.5 Å². The third-order valence-corrected chi connectivity index (χ3v) is 3.96. The van der Waals surface area contributed by atoms with Crippen LogP contribution in [0.25, 0.3) is 10.9 Å². The van der Waals surface area contributed by atoms with E-state index in [9.17, 15) is 9.90 Å². The fourth-order valence-corrected chi connectivity index (χ4v) is 2.82. The highest BCUT2D eigenvalue weighted by Crippen LogP contribution is 2.33. The van der Waals surface area contributed by atoms with Gasteiger partial charge in [-0.3, -0.25) is 9.78 Å². The lowest BCUT2D eigenvalue weighted by Crippen LogP contribution is -2.08. The summed E-state index contributed by atoms with van der Waals surface area (Å²) in [5, 5.41) is 10.9.